The van der Waals surface area contributed by atoms with E-state index in [0.717, 1.165) is 29.7 Å². The maximum atomic E-state index is 4.38. The van der Waals surface area contributed by atoms with Crippen molar-refractivity contribution in [3.8, 4) is 0 Å². The van der Waals surface area contributed by atoms with Gasteiger partial charge < -0.3 is 9.88 Å². The van der Waals surface area contributed by atoms with Gasteiger partial charge in [-0.05, 0) is 24.7 Å². The van der Waals surface area contributed by atoms with Crippen LogP contribution in [0.5, 0.6) is 0 Å². The Hall–Kier alpha value is -1.13. The van der Waals surface area contributed by atoms with Gasteiger partial charge in [-0.25, -0.2) is 4.98 Å². The summed E-state index contributed by atoms with van der Waals surface area (Å²) >= 11 is 3.44. The van der Waals surface area contributed by atoms with Gasteiger partial charge in [0, 0.05) is 30.2 Å². The van der Waals surface area contributed by atoms with Crippen molar-refractivity contribution in [2.45, 2.75) is 13.0 Å². The SMILES string of the molecule is CNCCc1cn(Cc2ccc(Br)cc2)cn1. The first-order chi connectivity index (χ1) is 8.28. The van der Waals surface area contributed by atoms with Crippen LogP contribution in [-0.4, -0.2) is 23.1 Å². The van der Waals surface area contributed by atoms with Gasteiger partial charge in [-0.1, -0.05) is 28.1 Å². The van der Waals surface area contributed by atoms with Crippen LogP contribution < -0.4 is 5.32 Å². The smallest absolute Gasteiger partial charge is 0.0952 e. The zero-order valence-electron chi connectivity index (χ0n) is 9.86. The van der Waals surface area contributed by atoms with Crippen molar-refractivity contribution in [2.75, 3.05) is 13.6 Å². The number of halogens is 1. The summed E-state index contributed by atoms with van der Waals surface area (Å²) in [6.07, 6.45) is 4.98. The van der Waals surface area contributed by atoms with Crippen molar-refractivity contribution in [3.05, 3.63) is 52.5 Å². The molecule has 17 heavy (non-hydrogen) atoms. The van der Waals surface area contributed by atoms with Crippen LogP contribution in [0.15, 0.2) is 41.3 Å². The van der Waals surface area contributed by atoms with Gasteiger partial charge >= 0.3 is 0 Å². The minimum Gasteiger partial charge on any atom is -0.333 e. The fourth-order valence-corrected chi connectivity index (χ4v) is 1.94. The zero-order valence-corrected chi connectivity index (χ0v) is 11.4. The minimum atomic E-state index is 0.875. The van der Waals surface area contributed by atoms with Crippen LogP contribution in [0.2, 0.25) is 0 Å². The largest absolute Gasteiger partial charge is 0.333 e. The average molecular weight is 294 g/mol. The molecule has 1 N–H and O–H groups in total. The van der Waals surface area contributed by atoms with Gasteiger partial charge in [-0.2, -0.15) is 0 Å². The monoisotopic (exact) mass is 293 g/mol. The molecule has 1 aromatic heterocycles. The Labute approximate surface area is 110 Å². The molecule has 90 valence electrons. The van der Waals surface area contributed by atoms with E-state index in [2.05, 4.69) is 61.3 Å². The molecule has 0 atom stereocenters. The molecule has 0 saturated heterocycles. The summed E-state index contributed by atoms with van der Waals surface area (Å²) in [5.41, 5.74) is 2.42. The third kappa shape index (κ3) is 3.68. The van der Waals surface area contributed by atoms with E-state index < -0.39 is 0 Å². The molecule has 2 rings (SSSR count). The fourth-order valence-electron chi connectivity index (χ4n) is 1.68. The predicted octanol–water partition coefficient (Wildman–Crippen LogP) is 2.46. The minimum absolute atomic E-state index is 0.875. The summed E-state index contributed by atoms with van der Waals surface area (Å²) in [7, 11) is 1.96. The Morgan fingerprint density at radius 3 is 2.76 bits per heavy atom. The van der Waals surface area contributed by atoms with Crippen molar-refractivity contribution in [1.82, 2.24) is 14.9 Å². The second-order valence-corrected chi connectivity index (χ2v) is 4.93. The number of nitrogens with one attached hydrogen (secondary N) is 1. The van der Waals surface area contributed by atoms with E-state index in [1.54, 1.807) is 0 Å². The fraction of sp³-hybridized carbons (Fsp3) is 0.308. The van der Waals surface area contributed by atoms with Gasteiger partial charge in [0.05, 0.1) is 12.0 Å². The lowest BCUT2D eigenvalue weighted by molar-refractivity contribution is 0.774. The summed E-state index contributed by atoms with van der Waals surface area (Å²) in [5, 5.41) is 3.13. The maximum Gasteiger partial charge on any atom is 0.0952 e. The molecule has 2 aromatic rings. The molecule has 1 aromatic carbocycles. The van der Waals surface area contributed by atoms with Gasteiger partial charge in [0.15, 0.2) is 0 Å². The number of aromatic nitrogens is 2. The van der Waals surface area contributed by atoms with E-state index in [-0.39, 0.29) is 0 Å². The number of hydrogen-bond donors (Lipinski definition) is 1. The normalized spacial score (nSPS) is 10.7. The van der Waals surface area contributed by atoms with Crippen LogP contribution in [0.25, 0.3) is 0 Å². The van der Waals surface area contributed by atoms with E-state index in [4.69, 9.17) is 0 Å². The lowest BCUT2D eigenvalue weighted by Crippen LogP contribution is -2.10. The van der Waals surface area contributed by atoms with Gasteiger partial charge in [0.2, 0.25) is 0 Å². The van der Waals surface area contributed by atoms with Crippen LogP contribution >= 0.6 is 15.9 Å². The van der Waals surface area contributed by atoms with Gasteiger partial charge in [-0.15, -0.1) is 0 Å². The van der Waals surface area contributed by atoms with Crippen LogP contribution in [-0.2, 0) is 13.0 Å². The topological polar surface area (TPSA) is 29.9 Å². The second kappa shape index (κ2) is 5.98. The summed E-state index contributed by atoms with van der Waals surface area (Å²) < 4.78 is 3.23. The standard InChI is InChI=1S/C13H16BrN3/c1-15-7-6-13-9-17(10-16-13)8-11-2-4-12(14)5-3-11/h2-5,9-10,15H,6-8H2,1H3. The molecule has 1 heterocycles. The number of hydrogen-bond acceptors (Lipinski definition) is 2. The molecular formula is C13H16BrN3. The molecular weight excluding hydrogens is 278 g/mol. The number of benzene rings is 1. The van der Waals surface area contributed by atoms with Gasteiger partial charge in [-0.3, -0.25) is 0 Å². The van der Waals surface area contributed by atoms with E-state index >= 15 is 0 Å². The number of nitrogens with zero attached hydrogens (tertiary/aromatic N) is 2. The first-order valence-electron chi connectivity index (χ1n) is 5.67. The highest BCUT2D eigenvalue weighted by molar-refractivity contribution is 9.10. The molecule has 0 unspecified atom stereocenters. The first-order valence-corrected chi connectivity index (χ1v) is 6.47. The molecule has 0 spiro atoms. The maximum absolute atomic E-state index is 4.38. The summed E-state index contributed by atoms with van der Waals surface area (Å²) in [5.74, 6) is 0. The number of rotatable bonds is 5. The quantitative estimate of drug-likeness (QED) is 0.918. The van der Waals surface area contributed by atoms with E-state index in [0.29, 0.717) is 0 Å². The molecule has 0 saturated carbocycles. The van der Waals surface area contributed by atoms with Crippen LogP contribution in [0.3, 0.4) is 0 Å². The van der Waals surface area contributed by atoms with Crippen molar-refractivity contribution >= 4 is 15.9 Å². The Balaban J connectivity index is 1.98. The summed E-state index contributed by atoms with van der Waals surface area (Å²) in [6.45, 7) is 1.84. The lowest BCUT2D eigenvalue weighted by atomic mass is 10.2. The van der Waals surface area contributed by atoms with Crippen LogP contribution in [0, 0.1) is 0 Å². The summed E-state index contributed by atoms with van der Waals surface area (Å²) in [4.78, 5) is 4.38. The molecule has 0 fully saturated rings. The molecule has 3 nitrogen and oxygen atoms in total. The van der Waals surface area contributed by atoms with E-state index in [1.165, 1.54) is 5.56 Å². The highest BCUT2D eigenvalue weighted by Gasteiger charge is 1.99. The Morgan fingerprint density at radius 2 is 2.06 bits per heavy atom. The van der Waals surface area contributed by atoms with Crippen LogP contribution in [0.1, 0.15) is 11.3 Å². The predicted molar refractivity (Wildman–Crippen MR) is 73.1 cm³/mol. The third-order valence-corrected chi connectivity index (χ3v) is 3.12. The highest BCUT2D eigenvalue weighted by atomic mass is 79.9. The average Bonchev–Trinajstić information content (AvgIpc) is 2.77. The number of imidazole rings is 1. The van der Waals surface area contributed by atoms with E-state index in [9.17, 15) is 0 Å². The van der Waals surface area contributed by atoms with Crippen molar-refractivity contribution < 1.29 is 0 Å². The number of likely N-dealkylation sites (N-methyl/N-ethyl adjacent to an activating group) is 1. The first kappa shape index (κ1) is 12.3. The zero-order chi connectivity index (χ0) is 12.1. The van der Waals surface area contributed by atoms with Crippen molar-refractivity contribution in [2.24, 2.45) is 0 Å². The molecule has 0 aliphatic carbocycles. The van der Waals surface area contributed by atoms with E-state index in [1.807, 2.05) is 13.4 Å². The Bertz CT molecular complexity index is 462. The Kier molecular flexibility index (Phi) is 4.34. The van der Waals surface area contributed by atoms with Crippen molar-refractivity contribution in [1.29, 1.82) is 0 Å². The Morgan fingerprint density at radius 1 is 1.29 bits per heavy atom. The molecule has 0 amide bonds. The molecule has 4 heteroatoms. The lowest BCUT2D eigenvalue weighted by Gasteiger charge is -2.02. The van der Waals surface area contributed by atoms with Crippen LogP contribution in [0.4, 0.5) is 0 Å². The molecule has 0 aliphatic rings. The van der Waals surface area contributed by atoms with Crippen molar-refractivity contribution in [3.63, 3.8) is 0 Å². The third-order valence-electron chi connectivity index (χ3n) is 2.60. The highest BCUT2D eigenvalue weighted by Crippen LogP contribution is 2.11. The van der Waals surface area contributed by atoms with Gasteiger partial charge in [0.25, 0.3) is 0 Å². The second-order valence-electron chi connectivity index (χ2n) is 4.02. The summed E-state index contributed by atoms with van der Waals surface area (Å²) in [6, 6.07) is 8.37. The molecule has 0 bridgehead atoms. The molecule has 0 aliphatic heterocycles. The molecule has 0 radical (unpaired) electrons. The van der Waals surface area contributed by atoms with Gasteiger partial charge in [0.1, 0.15) is 0 Å².